The first-order chi connectivity index (χ1) is 32.8. The normalized spacial score (nSPS) is 11.9. The summed E-state index contributed by atoms with van der Waals surface area (Å²) in [7, 11) is 0. The molecule has 0 radical (unpaired) electrons. The van der Waals surface area contributed by atoms with Crippen LogP contribution in [-0.2, 0) is 0 Å². The Morgan fingerprint density at radius 2 is 0.522 bits per heavy atom. The monoisotopic (exact) mass is 872 g/mol. The first-order valence-corrected chi connectivity index (χ1v) is 22.4. The summed E-state index contributed by atoms with van der Waals surface area (Å²) in [6, 6.07) is 63.8. The number of aromatic nitrogens is 4. The summed E-state index contributed by atoms with van der Waals surface area (Å²) in [5.41, 5.74) is 13.5. The minimum absolute atomic E-state index is 0.151. The van der Waals surface area contributed by atoms with E-state index >= 15 is 0 Å². The van der Waals surface area contributed by atoms with Gasteiger partial charge in [0.05, 0.1) is 22.8 Å². The fraction of sp³-hybridized carbons (Fsp3) is 0.0508. The van der Waals surface area contributed by atoms with Gasteiger partial charge in [-0.1, -0.05) is 97.1 Å². The van der Waals surface area contributed by atoms with Gasteiger partial charge in [0.2, 0.25) is 0 Å². The molecule has 0 spiro atoms. The second-order valence-electron chi connectivity index (χ2n) is 17.5. The zero-order chi connectivity index (χ0) is 45.2. The van der Waals surface area contributed by atoms with Gasteiger partial charge in [0, 0.05) is 77.7 Å². The molecule has 0 saturated carbocycles. The number of nitrogens with one attached hydrogen (secondary N) is 4. The second-order valence-corrected chi connectivity index (χ2v) is 17.5. The van der Waals surface area contributed by atoms with Crippen molar-refractivity contribution in [3.63, 3.8) is 0 Å². The van der Waals surface area contributed by atoms with Crippen molar-refractivity contribution in [3.05, 3.63) is 216 Å². The maximum atomic E-state index is 11.5. The van der Waals surface area contributed by atoms with Crippen LogP contribution in [0, 0.1) is 0 Å². The SMILES string of the molecule is Oc1ccc(C(CC(c2ccc(O)c(-c3cc4ccccc4[nH]3)c2)c2ccc(O)c(-c3cc4ccccc4[nH]3)c2)c2ccc(O)c(-c3cc4ccccc4[nH]3)c2)cc1-c1cc2ccccc2[nH]1. The summed E-state index contributed by atoms with van der Waals surface area (Å²) in [5.74, 6) is -0.0198. The molecule has 0 aliphatic rings. The van der Waals surface area contributed by atoms with E-state index < -0.39 is 0 Å². The van der Waals surface area contributed by atoms with Crippen LogP contribution in [0.3, 0.4) is 0 Å². The highest BCUT2D eigenvalue weighted by Gasteiger charge is 2.27. The molecule has 12 aromatic rings. The lowest BCUT2D eigenvalue weighted by Crippen LogP contribution is -2.11. The minimum atomic E-state index is -0.312. The van der Waals surface area contributed by atoms with Crippen LogP contribution < -0.4 is 0 Å². The lowest BCUT2D eigenvalue weighted by molar-refractivity contribution is 0.476. The average Bonchev–Trinajstić information content (AvgIpc) is 4.18. The molecule has 0 saturated heterocycles. The summed E-state index contributed by atoms with van der Waals surface area (Å²) in [5, 5.41) is 50.3. The highest BCUT2D eigenvalue weighted by atomic mass is 16.3. The molecule has 4 heterocycles. The zero-order valence-electron chi connectivity index (χ0n) is 36.1. The van der Waals surface area contributed by atoms with Crippen LogP contribution in [0.15, 0.2) is 194 Å². The molecular formula is C59H44N4O4. The Morgan fingerprint density at radius 1 is 0.284 bits per heavy atom. The number of phenolic OH excluding ortho intramolecular Hbond substituents is 4. The standard InChI is InChI=1S/C59H44N4O4/c64-56-21-17-34(25-44(56)52-29-38-9-1-5-13-48(38)60-52)42(35-18-22-57(65)45(26-35)53-30-39-10-2-6-14-49(39)61-53)33-43(36-19-23-58(66)46(27-36)54-31-40-11-3-7-15-50(40)62-54)37-20-24-59(67)47(28-37)55-32-41-12-4-8-16-51(41)63-55/h1-32,42-43,60-67H,33H2. The van der Waals surface area contributed by atoms with E-state index in [1.165, 1.54) is 0 Å². The van der Waals surface area contributed by atoms with Crippen molar-refractivity contribution in [2.24, 2.45) is 0 Å². The van der Waals surface area contributed by atoms with Gasteiger partial charge in [0.1, 0.15) is 23.0 Å². The third-order valence-corrected chi connectivity index (χ3v) is 13.4. The predicted octanol–water partition coefficient (Wildman–Crippen LogP) is 14.5. The van der Waals surface area contributed by atoms with E-state index in [4.69, 9.17) is 0 Å². The van der Waals surface area contributed by atoms with E-state index in [9.17, 15) is 20.4 Å². The number of hydrogen-bond donors (Lipinski definition) is 8. The second kappa shape index (κ2) is 16.0. The Hall–Kier alpha value is -8.88. The van der Waals surface area contributed by atoms with Crippen molar-refractivity contribution in [2.75, 3.05) is 0 Å². The molecule has 0 bridgehead atoms. The van der Waals surface area contributed by atoms with E-state index in [1.54, 1.807) is 24.3 Å². The average molecular weight is 873 g/mol. The van der Waals surface area contributed by atoms with Gasteiger partial charge in [0.15, 0.2) is 0 Å². The quantitative estimate of drug-likeness (QED) is 0.0692. The number of rotatable bonds is 10. The van der Waals surface area contributed by atoms with E-state index in [2.05, 4.69) is 92.7 Å². The van der Waals surface area contributed by atoms with Crippen molar-refractivity contribution in [1.29, 1.82) is 0 Å². The van der Waals surface area contributed by atoms with Gasteiger partial charge in [-0.25, -0.2) is 0 Å². The molecule has 0 aliphatic heterocycles. The first-order valence-electron chi connectivity index (χ1n) is 22.4. The van der Waals surface area contributed by atoms with Gasteiger partial charge in [-0.05, 0) is 126 Å². The van der Waals surface area contributed by atoms with Crippen LogP contribution in [0.4, 0.5) is 0 Å². The number of H-pyrrole nitrogens is 4. The summed E-state index contributed by atoms with van der Waals surface area (Å²) in [6.45, 7) is 0. The maximum absolute atomic E-state index is 11.5. The fourth-order valence-electron chi connectivity index (χ4n) is 9.98. The van der Waals surface area contributed by atoms with Crippen molar-refractivity contribution < 1.29 is 20.4 Å². The third-order valence-electron chi connectivity index (χ3n) is 13.4. The molecule has 0 amide bonds. The predicted molar refractivity (Wildman–Crippen MR) is 270 cm³/mol. The lowest BCUT2D eigenvalue weighted by Gasteiger charge is -2.27. The Balaban J connectivity index is 1.06. The lowest BCUT2D eigenvalue weighted by atomic mass is 9.77. The van der Waals surface area contributed by atoms with Gasteiger partial charge in [-0.15, -0.1) is 0 Å². The van der Waals surface area contributed by atoms with E-state index in [0.717, 1.165) is 88.6 Å². The summed E-state index contributed by atoms with van der Waals surface area (Å²) < 4.78 is 0. The topological polar surface area (TPSA) is 144 Å². The van der Waals surface area contributed by atoms with Gasteiger partial charge in [-0.2, -0.15) is 0 Å². The molecule has 324 valence electrons. The highest BCUT2D eigenvalue weighted by Crippen LogP contribution is 2.46. The molecular weight excluding hydrogens is 829 g/mol. The van der Waals surface area contributed by atoms with Crippen LogP contribution in [0.2, 0.25) is 0 Å². The summed E-state index contributed by atoms with van der Waals surface area (Å²) in [6.07, 6.45) is 0.516. The van der Waals surface area contributed by atoms with Gasteiger partial charge < -0.3 is 40.4 Å². The molecule has 0 unspecified atom stereocenters. The molecule has 0 aliphatic carbocycles. The molecule has 4 aromatic heterocycles. The molecule has 67 heavy (non-hydrogen) atoms. The largest absolute Gasteiger partial charge is 0.507 e. The van der Waals surface area contributed by atoms with Crippen LogP contribution in [0.1, 0.15) is 40.5 Å². The van der Waals surface area contributed by atoms with Gasteiger partial charge in [0.25, 0.3) is 0 Å². The number of fused-ring (bicyclic) bond motifs is 4. The van der Waals surface area contributed by atoms with Crippen molar-refractivity contribution in [3.8, 4) is 68.0 Å². The van der Waals surface area contributed by atoms with Crippen molar-refractivity contribution >= 4 is 43.6 Å². The molecule has 8 N–H and O–H groups in total. The number of para-hydroxylation sites is 4. The minimum Gasteiger partial charge on any atom is -0.507 e. The third kappa shape index (κ3) is 7.21. The number of aromatic hydroxyl groups is 4. The highest BCUT2D eigenvalue weighted by molar-refractivity contribution is 5.90. The van der Waals surface area contributed by atoms with Crippen molar-refractivity contribution in [1.82, 2.24) is 19.9 Å². The number of hydrogen-bond acceptors (Lipinski definition) is 4. The van der Waals surface area contributed by atoms with Crippen molar-refractivity contribution in [2.45, 2.75) is 18.3 Å². The number of phenols is 4. The molecule has 0 atom stereocenters. The number of aromatic amines is 4. The van der Waals surface area contributed by atoms with E-state index in [-0.39, 0.29) is 34.8 Å². The van der Waals surface area contributed by atoms with Crippen LogP contribution in [0.25, 0.3) is 88.6 Å². The van der Waals surface area contributed by atoms with Gasteiger partial charge >= 0.3 is 0 Å². The Bertz CT molecular complexity index is 3200. The molecule has 8 nitrogen and oxygen atoms in total. The molecule has 12 rings (SSSR count). The van der Waals surface area contributed by atoms with Crippen LogP contribution >= 0.6 is 0 Å². The number of benzene rings is 8. The zero-order valence-corrected chi connectivity index (χ0v) is 36.1. The smallest absolute Gasteiger partial charge is 0.124 e. The first kappa shape index (κ1) is 39.7. The molecule has 8 aromatic carbocycles. The Kier molecular flexibility index (Phi) is 9.46. The van der Waals surface area contributed by atoms with Crippen LogP contribution in [0.5, 0.6) is 23.0 Å². The van der Waals surface area contributed by atoms with Crippen LogP contribution in [-0.4, -0.2) is 40.4 Å². The van der Waals surface area contributed by atoms with E-state index in [0.29, 0.717) is 28.7 Å². The Morgan fingerprint density at radius 3 is 0.761 bits per heavy atom. The molecule has 8 heteroatoms. The van der Waals surface area contributed by atoms with E-state index in [1.807, 2.05) is 97.1 Å². The van der Waals surface area contributed by atoms with Gasteiger partial charge in [-0.3, -0.25) is 0 Å². The Labute approximate surface area is 385 Å². The molecule has 0 fully saturated rings. The summed E-state index contributed by atoms with van der Waals surface area (Å²) in [4.78, 5) is 14.1. The maximum Gasteiger partial charge on any atom is 0.124 e. The fourth-order valence-corrected chi connectivity index (χ4v) is 9.98. The summed E-state index contributed by atoms with van der Waals surface area (Å²) >= 11 is 0.